The third kappa shape index (κ3) is 1.67. The second-order valence-electron chi connectivity index (χ2n) is 4.44. The molecule has 3 rings (SSSR count). The molecule has 1 saturated carbocycles. The monoisotopic (exact) mass is 234 g/mol. The average molecular weight is 234 g/mol. The number of rotatable bonds is 2. The summed E-state index contributed by atoms with van der Waals surface area (Å²) in [7, 11) is 1.81. The Hall–Kier alpha value is -1.91. The van der Waals surface area contributed by atoms with E-state index in [1.165, 1.54) is 0 Å². The minimum Gasteiger partial charge on any atom is -0.454 e. The summed E-state index contributed by atoms with van der Waals surface area (Å²) < 4.78 is 10.5. The van der Waals surface area contributed by atoms with Crippen LogP contribution in [0.5, 0.6) is 11.5 Å². The third-order valence-electron chi connectivity index (χ3n) is 3.19. The second-order valence-corrected chi connectivity index (χ2v) is 4.44. The number of nitrogen functional groups attached to an aromatic ring is 1. The number of amides is 1. The molecule has 0 radical (unpaired) electrons. The molecule has 5 nitrogen and oxygen atoms in total. The van der Waals surface area contributed by atoms with Crippen molar-refractivity contribution in [1.29, 1.82) is 0 Å². The predicted molar refractivity (Wildman–Crippen MR) is 62.1 cm³/mol. The molecule has 1 aliphatic heterocycles. The van der Waals surface area contributed by atoms with E-state index in [0.717, 1.165) is 12.8 Å². The van der Waals surface area contributed by atoms with E-state index in [-0.39, 0.29) is 12.7 Å². The Labute approximate surface area is 99.1 Å². The molecule has 0 atom stereocenters. The first-order chi connectivity index (χ1) is 8.16. The van der Waals surface area contributed by atoms with Crippen LogP contribution in [0.2, 0.25) is 0 Å². The number of fused-ring (bicyclic) bond motifs is 1. The van der Waals surface area contributed by atoms with Gasteiger partial charge in [-0.25, -0.2) is 0 Å². The van der Waals surface area contributed by atoms with Crippen LogP contribution in [0, 0.1) is 0 Å². The molecule has 17 heavy (non-hydrogen) atoms. The van der Waals surface area contributed by atoms with Crippen LogP contribution in [0.4, 0.5) is 5.69 Å². The van der Waals surface area contributed by atoms with Crippen molar-refractivity contribution in [1.82, 2.24) is 4.90 Å². The number of carbonyl (C=O) groups excluding carboxylic acids is 1. The zero-order valence-corrected chi connectivity index (χ0v) is 9.60. The number of nitrogens with two attached hydrogens (primary N) is 1. The summed E-state index contributed by atoms with van der Waals surface area (Å²) >= 11 is 0. The quantitative estimate of drug-likeness (QED) is 0.782. The summed E-state index contributed by atoms with van der Waals surface area (Å²) in [5.41, 5.74) is 6.80. The van der Waals surface area contributed by atoms with E-state index >= 15 is 0 Å². The number of benzene rings is 1. The maximum atomic E-state index is 12.2. The van der Waals surface area contributed by atoms with E-state index < -0.39 is 0 Å². The van der Waals surface area contributed by atoms with Crippen LogP contribution < -0.4 is 15.2 Å². The zero-order chi connectivity index (χ0) is 12.0. The number of anilines is 1. The van der Waals surface area contributed by atoms with Crippen LogP contribution in [0.25, 0.3) is 0 Å². The van der Waals surface area contributed by atoms with E-state index in [2.05, 4.69) is 0 Å². The molecule has 1 aromatic rings. The molecule has 1 aliphatic carbocycles. The first-order valence-electron chi connectivity index (χ1n) is 5.63. The van der Waals surface area contributed by atoms with Crippen molar-refractivity contribution >= 4 is 11.6 Å². The molecule has 90 valence electrons. The van der Waals surface area contributed by atoms with Crippen LogP contribution >= 0.6 is 0 Å². The highest BCUT2D eigenvalue weighted by atomic mass is 16.7. The molecular formula is C12H14N2O3. The summed E-state index contributed by atoms with van der Waals surface area (Å²) in [5, 5.41) is 0. The maximum Gasteiger partial charge on any atom is 0.256 e. The van der Waals surface area contributed by atoms with Crippen LogP contribution in [-0.4, -0.2) is 30.7 Å². The molecular weight excluding hydrogens is 220 g/mol. The summed E-state index contributed by atoms with van der Waals surface area (Å²) in [6.45, 7) is 0.185. The van der Waals surface area contributed by atoms with Crippen molar-refractivity contribution in [3.63, 3.8) is 0 Å². The van der Waals surface area contributed by atoms with Gasteiger partial charge in [0, 0.05) is 24.8 Å². The van der Waals surface area contributed by atoms with Crippen molar-refractivity contribution in [2.45, 2.75) is 18.9 Å². The van der Waals surface area contributed by atoms with Crippen LogP contribution in [0.15, 0.2) is 12.1 Å². The van der Waals surface area contributed by atoms with Crippen LogP contribution in [0.3, 0.4) is 0 Å². The topological polar surface area (TPSA) is 64.8 Å². The van der Waals surface area contributed by atoms with Crippen molar-refractivity contribution in [3.05, 3.63) is 17.7 Å². The van der Waals surface area contributed by atoms with Gasteiger partial charge in [-0.05, 0) is 18.9 Å². The van der Waals surface area contributed by atoms with Gasteiger partial charge < -0.3 is 20.1 Å². The molecule has 0 bridgehead atoms. The van der Waals surface area contributed by atoms with E-state index in [4.69, 9.17) is 15.2 Å². The lowest BCUT2D eigenvalue weighted by Crippen LogP contribution is -2.29. The van der Waals surface area contributed by atoms with E-state index in [9.17, 15) is 4.79 Å². The van der Waals surface area contributed by atoms with Gasteiger partial charge in [-0.1, -0.05) is 0 Å². The smallest absolute Gasteiger partial charge is 0.256 e. The van der Waals surface area contributed by atoms with Crippen molar-refractivity contribution < 1.29 is 14.3 Å². The van der Waals surface area contributed by atoms with Crippen molar-refractivity contribution in [3.8, 4) is 11.5 Å². The molecule has 1 aromatic carbocycles. The molecule has 1 amide bonds. The SMILES string of the molecule is CN(C(=O)c1cc2c(cc1N)OCO2)C1CC1. The average Bonchev–Trinajstić information content (AvgIpc) is 3.06. The molecule has 1 heterocycles. The Morgan fingerprint density at radius 3 is 2.65 bits per heavy atom. The molecule has 2 N–H and O–H groups in total. The molecule has 0 aromatic heterocycles. The summed E-state index contributed by atoms with van der Waals surface area (Å²) in [6, 6.07) is 3.68. The fourth-order valence-electron chi connectivity index (χ4n) is 1.96. The predicted octanol–water partition coefficient (Wildman–Crippen LogP) is 1.23. The normalized spacial score (nSPS) is 17.0. The molecule has 0 unspecified atom stereocenters. The Balaban J connectivity index is 1.94. The van der Waals surface area contributed by atoms with Gasteiger partial charge in [0.1, 0.15) is 0 Å². The van der Waals surface area contributed by atoms with Gasteiger partial charge in [0.05, 0.1) is 5.56 Å². The number of hydrogen-bond donors (Lipinski definition) is 1. The van der Waals surface area contributed by atoms with Gasteiger partial charge in [0.15, 0.2) is 11.5 Å². The molecule has 1 fully saturated rings. The number of carbonyl (C=O) groups is 1. The fraction of sp³-hybridized carbons (Fsp3) is 0.417. The van der Waals surface area contributed by atoms with E-state index in [1.807, 2.05) is 7.05 Å². The zero-order valence-electron chi connectivity index (χ0n) is 9.60. The second kappa shape index (κ2) is 3.55. The van der Waals surface area contributed by atoms with Gasteiger partial charge >= 0.3 is 0 Å². The Morgan fingerprint density at radius 2 is 2.00 bits per heavy atom. The Bertz CT molecular complexity index is 483. The van der Waals surface area contributed by atoms with Crippen molar-refractivity contribution in [2.75, 3.05) is 19.6 Å². The summed E-state index contributed by atoms with van der Waals surface area (Å²) in [5.74, 6) is 1.14. The third-order valence-corrected chi connectivity index (χ3v) is 3.19. The number of hydrogen-bond acceptors (Lipinski definition) is 4. The van der Waals surface area contributed by atoms with Gasteiger partial charge in [-0.15, -0.1) is 0 Å². The van der Waals surface area contributed by atoms with E-state index in [0.29, 0.717) is 28.8 Å². The number of nitrogens with zero attached hydrogens (tertiary/aromatic N) is 1. The van der Waals surface area contributed by atoms with Crippen LogP contribution in [-0.2, 0) is 0 Å². The Kier molecular flexibility index (Phi) is 2.14. The lowest BCUT2D eigenvalue weighted by molar-refractivity contribution is 0.0785. The maximum absolute atomic E-state index is 12.2. The highest BCUT2D eigenvalue weighted by molar-refractivity contribution is 6.00. The highest BCUT2D eigenvalue weighted by Gasteiger charge is 2.31. The first kappa shape index (κ1) is 10.3. The summed E-state index contributed by atoms with van der Waals surface area (Å²) in [4.78, 5) is 13.9. The van der Waals surface area contributed by atoms with Crippen LogP contribution in [0.1, 0.15) is 23.2 Å². The minimum absolute atomic E-state index is 0.0525. The molecule has 2 aliphatic rings. The number of ether oxygens (including phenoxy) is 2. The fourth-order valence-corrected chi connectivity index (χ4v) is 1.96. The van der Waals surface area contributed by atoms with E-state index in [1.54, 1.807) is 17.0 Å². The van der Waals surface area contributed by atoms with Gasteiger partial charge in [-0.2, -0.15) is 0 Å². The molecule has 5 heteroatoms. The standard InChI is InChI=1S/C12H14N2O3/c1-14(7-2-3-7)12(15)8-4-10-11(5-9(8)13)17-6-16-10/h4-5,7H,2-3,6,13H2,1H3. The van der Waals surface area contributed by atoms with Gasteiger partial charge in [-0.3, -0.25) is 4.79 Å². The van der Waals surface area contributed by atoms with Gasteiger partial charge in [0.2, 0.25) is 6.79 Å². The highest BCUT2D eigenvalue weighted by Crippen LogP contribution is 2.37. The minimum atomic E-state index is -0.0525. The largest absolute Gasteiger partial charge is 0.454 e. The summed E-state index contributed by atoms with van der Waals surface area (Å²) in [6.07, 6.45) is 2.15. The molecule has 0 spiro atoms. The van der Waals surface area contributed by atoms with Crippen molar-refractivity contribution in [2.24, 2.45) is 0 Å². The first-order valence-corrected chi connectivity index (χ1v) is 5.63. The molecule has 0 saturated heterocycles. The lowest BCUT2D eigenvalue weighted by atomic mass is 10.1. The Morgan fingerprint density at radius 1 is 1.35 bits per heavy atom. The van der Waals surface area contributed by atoms with Gasteiger partial charge in [0.25, 0.3) is 5.91 Å². The lowest BCUT2D eigenvalue weighted by Gasteiger charge is -2.17.